The minimum absolute atomic E-state index is 0.0280. The number of benzene rings is 2. The van der Waals surface area contributed by atoms with Gasteiger partial charge in [0.2, 0.25) is 0 Å². The number of carbonyl (C=O) groups is 1. The molecule has 2 aromatic heterocycles. The van der Waals surface area contributed by atoms with Crippen LogP contribution in [0.25, 0.3) is 20.7 Å². The third-order valence-electron chi connectivity index (χ3n) is 4.56. The Morgan fingerprint density at radius 1 is 1.31 bits per heavy atom. The molecule has 0 spiro atoms. The smallest absolute Gasteiger partial charge is 0.262 e. The van der Waals surface area contributed by atoms with Crippen LogP contribution in [-0.2, 0) is 11.3 Å². The van der Waals surface area contributed by atoms with Crippen LogP contribution < -0.4 is 15.7 Å². The fourth-order valence-corrected chi connectivity index (χ4v) is 4.46. The number of carbonyl (C=O) groups excluding carboxylic acids is 1. The molecule has 4 aromatic rings. The molecule has 0 unspecified atom stereocenters. The molecule has 2 N–H and O–H groups in total. The highest BCUT2D eigenvalue weighted by atomic mass is 79.9. The van der Waals surface area contributed by atoms with Gasteiger partial charge in [-0.3, -0.25) is 14.2 Å². The summed E-state index contributed by atoms with van der Waals surface area (Å²) in [4.78, 5) is 31.0. The average Bonchev–Trinajstić information content (AvgIpc) is 3.24. The third kappa shape index (κ3) is 4.56. The molecule has 0 saturated heterocycles. The summed E-state index contributed by atoms with van der Waals surface area (Å²) in [6.07, 6.45) is 2.76. The van der Waals surface area contributed by atoms with Crippen molar-refractivity contribution in [2.24, 2.45) is 5.10 Å². The maximum absolute atomic E-state index is 12.8. The van der Waals surface area contributed by atoms with Gasteiger partial charge < -0.3 is 9.84 Å². The predicted octanol–water partition coefficient (Wildman–Crippen LogP) is 3.75. The first-order valence-electron chi connectivity index (χ1n) is 9.39. The summed E-state index contributed by atoms with van der Waals surface area (Å²) in [7, 11) is 1.43. The van der Waals surface area contributed by atoms with E-state index in [1.54, 1.807) is 18.2 Å². The Labute approximate surface area is 194 Å². The summed E-state index contributed by atoms with van der Waals surface area (Å²) in [5.74, 6) is -0.239. The van der Waals surface area contributed by atoms with Gasteiger partial charge in [0.1, 0.15) is 11.4 Å². The standard InChI is InChI=1S/C22H17BrN4O4S/c1-31-17-8-13(7-16(23)20(17)29)10-25-26-19(28)11-27-12-24-21-15(22(27)30)9-18(32-21)14-5-3-2-4-6-14/h2-10,12,29H,11H2,1H3,(H,26,28)/b25-10-. The summed E-state index contributed by atoms with van der Waals surface area (Å²) >= 11 is 4.65. The highest BCUT2D eigenvalue weighted by Gasteiger charge is 2.12. The Balaban J connectivity index is 1.48. The quantitative estimate of drug-likeness (QED) is 0.302. The first kappa shape index (κ1) is 21.7. The molecule has 162 valence electrons. The fourth-order valence-electron chi connectivity index (χ4n) is 3.01. The number of hydrogen-bond donors (Lipinski definition) is 2. The van der Waals surface area contributed by atoms with Crippen LogP contribution in [-0.4, -0.2) is 33.9 Å². The van der Waals surface area contributed by atoms with Crippen LogP contribution >= 0.6 is 27.3 Å². The molecule has 0 bridgehead atoms. The first-order valence-corrected chi connectivity index (χ1v) is 11.0. The number of halogens is 1. The van der Waals surface area contributed by atoms with Gasteiger partial charge in [-0.1, -0.05) is 30.3 Å². The molecule has 10 heteroatoms. The number of methoxy groups -OCH3 is 1. The molecular formula is C22H17BrN4O4S. The van der Waals surface area contributed by atoms with E-state index >= 15 is 0 Å². The number of phenolic OH excluding ortho intramolecular Hbond substituents is 1. The SMILES string of the molecule is COc1cc(/C=N\NC(=O)Cn2cnc3sc(-c4ccccc4)cc3c2=O)cc(Br)c1O. The summed E-state index contributed by atoms with van der Waals surface area (Å²) < 4.78 is 6.75. The van der Waals surface area contributed by atoms with E-state index in [1.807, 2.05) is 30.3 Å². The number of hydrogen-bond acceptors (Lipinski definition) is 7. The number of aromatic nitrogens is 2. The Morgan fingerprint density at radius 2 is 2.09 bits per heavy atom. The summed E-state index contributed by atoms with van der Waals surface area (Å²) in [6, 6.07) is 14.7. The molecule has 4 rings (SSSR count). The number of hydrazone groups is 1. The highest BCUT2D eigenvalue weighted by Crippen LogP contribution is 2.34. The molecule has 2 aromatic carbocycles. The molecule has 0 aliphatic carbocycles. The van der Waals surface area contributed by atoms with Gasteiger partial charge in [0.25, 0.3) is 11.5 Å². The van der Waals surface area contributed by atoms with E-state index in [-0.39, 0.29) is 23.6 Å². The van der Waals surface area contributed by atoms with E-state index in [2.05, 4.69) is 31.4 Å². The van der Waals surface area contributed by atoms with Crippen molar-refractivity contribution in [3.8, 4) is 21.9 Å². The van der Waals surface area contributed by atoms with Gasteiger partial charge in [-0.2, -0.15) is 5.10 Å². The largest absolute Gasteiger partial charge is 0.503 e. The van der Waals surface area contributed by atoms with Gasteiger partial charge in [-0.05, 0) is 45.3 Å². The lowest BCUT2D eigenvalue weighted by Gasteiger charge is -2.06. The second-order valence-electron chi connectivity index (χ2n) is 6.72. The Bertz CT molecular complexity index is 1380. The molecular weight excluding hydrogens is 496 g/mol. The van der Waals surface area contributed by atoms with Gasteiger partial charge in [0.15, 0.2) is 11.5 Å². The second-order valence-corrected chi connectivity index (χ2v) is 8.60. The van der Waals surface area contributed by atoms with Crippen LogP contribution in [0.1, 0.15) is 5.56 Å². The normalized spacial score (nSPS) is 11.2. The van der Waals surface area contributed by atoms with Crippen molar-refractivity contribution in [2.45, 2.75) is 6.54 Å². The van der Waals surface area contributed by atoms with Crippen molar-refractivity contribution in [1.82, 2.24) is 15.0 Å². The molecule has 0 fully saturated rings. The number of rotatable bonds is 6. The Kier molecular flexibility index (Phi) is 6.33. The van der Waals surface area contributed by atoms with Gasteiger partial charge in [-0.15, -0.1) is 11.3 Å². The summed E-state index contributed by atoms with van der Waals surface area (Å²) in [5.41, 5.74) is 3.69. The number of nitrogens with one attached hydrogen (secondary N) is 1. The molecule has 1 amide bonds. The number of amides is 1. The number of ether oxygens (including phenoxy) is 1. The zero-order valence-corrected chi connectivity index (χ0v) is 19.2. The number of fused-ring (bicyclic) bond motifs is 1. The lowest BCUT2D eigenvalue weighted by Crippen LogP contribution is -2.29. The van der Waals surface area contributed by atoms with E-state index in [4.69, 9.17) is 4.74 Å². The topological polar surface area (TPSA) is 106 Å². The molecule has 32 heavy (non-hydrogen) atoms. The van der Waals surface area contributed by atoms with E-state index < -0.39 is 5.91 Å². The maximum atomic E-state index is 12.8. The van der Waals surface area contributed by atoms with Crippen molar-refractivity contribution in [3.63, 3.8) is 0 Å². The molecule has 0 radical (unpaired) electrons. The van der Waals surface area contributed by atoms with Gasteiger partial charge in [0.05, 0.1) is 29.5 Å². The maximum Gasteiger partial charge on any atom is 0.262 e. The molecule has 0 aliphatic heterocycles. The van der Waals surface area contributed by atoms with Crippen LogP contribution in [0, 0.1) is 0 Å². The molecule has 0 atom stereocenters. The fraction of sp³-hybridized carbons (Fsp3) is 0.0909. The second kappa shape index (κ2) is 9.33. The van der Waals surface area contributed by atoms with Crippen LogP contribution in [0.4, 0.5) is 0 Å². The molecule has 2 heterocycles. The number of phenols is 1. The zero-order valence-electron chi connectivity index (χ0n) is 16.8. The van der Waals surface area contributed by atoms with Crippen LogP contribution in [0.5, 0.6) is 11.5 Å². The highest BCUT2D eigenvalue weighted by molar-refractivity contribution is 9.10. The van der Waals surface area contributed by atoms with E-state index in [0.717, 1.165) is 10.4 Å². The van der Waals surface area contributed by atoms with Crippen molar-refractivity contribution in [2.75, 3.05) is 7.11 Å². The zero-order chi connectivity index (χ0) is 22.7. The minimum atomic E-state index is -0.479. The average molecular weight is 513 g/mol. The van der Waals surface area contributed by atoms with Crippen molar-refractivity contribution >= 4 is 49.6 Å². The first-order chi connectivity index (χ1) is 15.5. The third-order valence-corrected chi connectivity index (χ3v) is 6.26. The number of nitrogens with zero attached hydrogens (tertiary/aromatic N) is 3. The van der Waals surface area contributed by atoms with E-state index in [0.29, 0.717) is 20.3 Å². The minimum Gasteiger partial charge on any atom is -0.503 e. The molecule has 0 aliphatic rings. The van der Waals surface area contributed by atoms with E-state index in [1.165, 1.54) is 35.6 Å². The lowest BCUT2D eigenvalue weighted by molar-refractivity contribution is -0.121. The lowest BCUT2D eigenvalue weighted by atomic mass is 10.2. The van der Waals surface area contributed by atoms with Gasteiger partial charge in [0, 0.05) is 4.88 Å². The number of aromatic hydroxyl groups is 1. The van der Waals surface area contributed by atoms with Crippen LogP contribution in [0.3, 0.4) is 0 Å². The van der Waals surface area contributed by atoms with Crippen LogP contribution in [0.2, 0.25) is 0 Å². The monoisotopic (exact) mass is 512 g/mol. The number of thiophene rings is 1. The molecule has 8 nitrogen and oxygen atoms in total. The van der Waals surface area contributed by atoms with Crippen molar-refractivity contribution in [1.29, 1.82) is 0 Å². The predicted molar refractivity (Wildman–Crippen MR) is 127 cm³/mol. The summed E-state index contributed by atoms with van der Waals surface area (Å²) in [5, 5.41) is 14.2. The van der Waals surface area contributed by atoms with Crippen molar-refractivity contribution in [3.05, 3.63) is 75.2 Å². The van der Waals surface area contributed by atoms with Crippen LogP contribution in [0.15, 0.2) is 69.2 Å². The Morgan fingerprint density at radius 3 is 2.84 bits per heavy atom. The van der Waals surface area contributed by atoms with Gasteiger partial charge in [-0.25, -0.2) is 10.4 Å². The summed E-state index contributed by atoms with van der Waals surface area (Å²) in [6.45, 7) is -0.224. The van der Waals surface area contributed by atoms with Gasteiger partial charge >= 0.3 is 0 Å². The molecule has 0 saturated carbocycles. The van der Waals surface area contributed by atoms with E-state index in [9.17, 15) is 14.7 Å². The Hall–Kier alpha value is -3.50. The van der Waals surface area contributed by atoms with Crippen molar-refractivity contribution < 1.29 is 14.6 Å².